The van der Waals surface area contributed by atoms with Crippen LogP contribution >= 0.6 is 22.9 Å². The Morgan fingerprint density at radius 2 is 2.00 bits per heavy atom. The molecule has 0 aliphatic rings. The van der Waals surface area contributed by atoms with Gasteiger partial charge in [0.2, 0.25) is 20.0 Å². The van der Waals surface area contributed by atoms with Gasteiger partial charge in [0.1, 0.15) is 4.21 Å². The van der Waals surface area contributed by atoms with Crippen LogP contribution in [0.2, 0.25) is 4.34 Å². The van der Waals surface area contributed by atoms with Gasteiger partial charge >= 0.3 is 0 Å². The third-order valence-corrected chi connectivity index (χ3v) is 6.34. The number of nitrogens with one attached hydrogen (secondary N) is 1. The Kier molecular flexibility index (Phi) is 5.15. The number of aryl methyl sites for hydroxylation is 1. The van der Waals surface area contributed by atoms with E-state index in [4.69, 9.17) is 16.7 Å². The van der Waals surface area contributed by atoms with Gasteiger partial charge in [0, 0.05) is 6.54 Å². The molecule has 0 atom stereocenters. The van der Waals surface area contributed by atoms with Gasteiger partial charge in [-0.25, -0.2) is 26.7 Å². The zero-order valence-electron chi connectivity index (χ0n) is 9.51. The molecule has 0 fully saturated rings. The molecule has 6 nitrogen and oxygen atoms in total. The van der Waals surface area contributed by atoms with Gasteiger partial charge in [-0.3, -0.25) is 0 Å². The molecule has 0 aliphatic carbocycles. The summed E-state index contributed by atoms with van der Waals surface area (Å²) in [4.78, 5) is 0. The highest BCUT2D eigenvalue weighted by atomic mass is 35.5. The van der Waals surface area contributed by atoms with Crippen LogP contribution in [0.25, 0.3) is 0 Å². The van der Waals surface area contributed by atoms with Crippen molar-refractivity contribution in [3.05, 3.63) is 16.0 Å². The van der Waals surface area contributed by atoms with Crippen molar-refractivity contribution < 1.29 is 16.8 Å². The first-order valence-electron chi connectivity index (χ1n) is 4.88. The number of sulfonamides is 2. The molecular formula is C8H13ClN2O4S3. The van der Waals surface area contributed by atoms with Gasteiger partial charge in [-0.15, -0.1) is 11.3 Å². The van der Waals surface area contributed by atoms with E-state index in [0.717, 1.165) is 11.3 Å². The molecule has 104 valence electrons. The van der Waals surface area contributed by atoms with E-state index in [1.165, 1.54) is 6.07 Å². The Bertz CT molecular complexity index is 601. The van der Waals surface area contributed by atoms with Gasteiger partial charge in [-0.2, -0.15) is 0 Å². The molecule has 0 aliphatic heterocycles. The molecule has 0 amide bonds. The normalized spacial score (nSPS) is 12.8. The molecule has 1 heterocycles. The number of hydrogen-bond donors (Lipinski definition) is 2. The summed E-state index contributed by atoms with van der Waals surface area (Å²) < 4.78 is 47.7. The number of thiophene rings is 1. The van der Waals surface area contributed by atoms with E-state index in [0.29, 0.717) is 9.90 Å². The molecule has 3 N–H and O–H groups in total. The van der Waals surface area contributed by atoms with Gasteiger partial charge in [0.25, 0.3) is 0 Å². The summed E-state index contributed by atoms with van der Waals surface area (Å²) in [7, 11) is -7.19. The van der Waals surface area contributed by atoms with E-state index in [9.17, 15) is 16.8 Å². The first kappa shape index (κ1) is 15.9. The van der Waals surface area contributed by atoms with Crippen molar-refractivity contribution in [1.29, 1.82) is 0 Å². The first-order valence-corrected chi connectivity index (χ1v) is 9.27. The van der Waals surface area contributed by atoms with Crippen LogP contribution in [0.4, 0.5) is 0 Å². The van der Waals surface area contributed by atoms with Crippen LogP contribution in [0.15, 0.2) is 10.3 Å². The first-order chi connectivity index (χ1) is 8.12. The molecule has 0 saturated heterocycles. The highest BCUT2D eigenvalue weighted by Gasteiger charge is 2.18. The maximum Gasteiger partial charge on any atom is 0.250 e. The fraction of sp³-hybridized carbons (Fsp3) is 0.500. The van der Waals surface area contributed by atoms with Crippen molar-refractivity contribution >= 4 is 43.0 Å². The summed E-state index contributed by atoms with van der Waals surface area (Å²) in [5, 5.41) is 4.80. The number of primary sulfonamides is 1. The van der Waals surface area contributed by atoms with Crippen molar-refractivity contribution in [3.63, 3.8) is 0 Å². The average Bonchev–Trinajstić information content (AvgIpc) is 2.54. The number of rotatable bonds is 6. The quantitative estimate of drug-likeness (QED) is 0.746. The monoisotopic (exact) mass is 332 g/mol. The Labute approximate surface area is 115 Å². The Hall–Kier alpha value is -0.190. The van der Waals surface area contributed by atoms with Gasteiger partial charge in [0.15, 0.2) is 0 Å². The summed E-state index contributed by atoms with van der Waals surface area (Å²) in [5.74, 6) is -0.264. The molecule has 1 aromatic heterocycles. The van der Waals surface area contributed by atoms with E-state index in [1.807, 2.05) is 0 Å². The van der Waals surface area contributed by atoms with Gasteiger partial charge in [-0.05, 0) is 25.0 Å². The SMILES string of the molecule is Cc1cc(S(=O)(=O)NCCCS(N)(=O)=O)sc1Cl. The summed E-state index contributed by atoms with van der Waals surface area (Å²) in [6.45, 7) is 1.71. The maximum absolute atomic E-state index is 11.8. The fourth-order valence-corrected chi connectivity index (χ4v) is 4.49. The summed E-state index contributed by atoms with van der Waals surface area (Å²) in [5.41, 5.74) is 0.687. The summed E-state index contributed by atoms with van der Waals surface area (Å²) >= 11 is 6.74. The van der Waals surface area contributed by atoms with Crippen LogP contribution in [0, 0.1) is 6.92 Å². The molecule has 10 heteroatoms. The predicted molar refractivity (Wildman–Crippen MR) is 71.8 cm³/mol. The van der Waals surface area contributed by atoms with Crippen LogP contribution in [0.3, 0.4) is 0 Å². The average molecular weight is 333 g/mol. The molecule has 0 bridgehead atoms. The van der Waals surface area contributed by atoms with Gasteiger partial charge in [-0.1, -0.05) is 11.6 Å². The molecule has 0 spiro atoms. The highest BCUT2D eigenvalue weighted by molar-refractivity contribution is 7.91. The van der Waals surface area contributed by atoms with Crippen molar-refractivity contribution in [2.75, 3.05) is 12.3 Å². The van der Waals surface area contributed by atoms with Crippen molar-refractivity contribution in [2.45, 2.75) is 17.6 Å². The molecule has 0 saturated carbocycles. The Balaban J connectivity index is 2.61. The smallest absolute Gasteiger partial charge is 0.229 e. The largest absolute Gasteiger partial charge is 0.250 e. The van der Waals surface area contributed by atoms with Crippen LogP contribution in [0.1, 0.15) is 12.0 Å². The zero-order chi connectivity index (χ0) is 14.0. The van der Waals surface area contributed by atoms with E-state index < -0.39 is 20.0 Å². The van der Waals surface area contributed by atoms with Crippen LogP contribution < -0.4 is 9.86 Å². The van der Waals surface area contributed by atoms with Crippen molar-refractivity contribution in [2.24, 2.45) is 5.14 Å². The standard InChI is InChI=1S/C8H13ClN2O4S3/c1-6-5-7(16-8(6)9)18(14,15)11-3-2-4-17(10,12)13/h5,11H,2-4H2,1H3,(H2,10,12,13). The van der Waals surface area contributed by atoms with E-state index in [-0.39, 0.29) is 22.9 Å². The predicted octanol–water partition coefficient (Wildman–Crippen LogP) is 0.667. The minimum atomic E-state index is -3.63. The lowest BCUT2D eigenvalue weighted by atomic mass is 10.4. The van der Waals surface area contributed by atoms with E-state index >= 15 is 0 Å². The molecular weight excluding hydrogens is 320 g/mol. The Morgan fingerprint density at radius 1 is 1.39 bits per heavy atom. The summed E-state index contributed by atoms with van der Waals surface area (Å²) in [6.07, 6.45) is 0.121. The lowest BCUT2D eigenvalue weighted by molar-refractivity contribution is 0.578. The van der Waals surface area contributed by atoms with Crippen LogP contribution in [-0.2, 0) is 20.0 Å². The number of hydrogen-bond acceptors (Lipinski definition) is 5. The molecule has 0 unspecified atom stereocenters. The minimum Gasteiger partial charge on any atom is -0.229 e. The van der Waals surface area contributed by atoms with Crippen LogP contribution in [-0.4, -0.2) is 29.1 Å². The fourth-order valence-electron chi connectivity index (χ4n) is 1.12. The van der Waals surface area contributed by atoms with E-state index in [1.54, 1.807) is 6.92 Å². The Morgan fingerprint density at radius 3 is 2.44 bits per heavy atom. The van der Waals surface area contributed by atoms with Gasteiger partial charge < -0.3 is 0 Å². The zero-order valence-corrected chi connectivity index (χ0v) is 12.7. The molecule has 18 heavy (non-hydrogen) atoms. The maximum atomic E-state index is 11.8. The van der Waals surface area contributed by atoms with Crippen molar-refractivity contribution in [1.82, 2.24) is 4.72 Å². The minimum absolute atomic E-state index is 0.00727. The molecule has 0 aromatic carbocycles. The molecule has 1 rings (SSSR count). The molecule has 1 aromatic rings. The topological polar surface area (TPSA) is 106 Å². The molecule has 0 radical (unpaired) electrons. The second kappa shape index (κ2) is 5.85. The number of halogens is 1. The van der Waals surface area contributed by atoms with Gasteiger partial charge in [0.05, 0.1) is 10.1 Å². The van der Waals surface area contributed by atoms with Crippen molar-refractivity contribution in [3.8, 4) is 0 Å². The third-order valence-electron chi connectivity index (χ3n) is 2.00. The lowest BCUT2D eigenvalue weighted by Crippen LogP contribution is -2.27. The second-order valence-electron chi connectivity index (χ2n) is 3.64. The van der Waals surface area contributed by atoms with Crippen LogP contribution in [0.5, 0.6) is 0 Å². The lowest BCUT2D eigenvalue weighted by Gasteiger charge is -2.03. The van der Waals surface area contributed by atoms with E-state index in [2.05, 4.69) is 4.72 Å². The number of nitrogens with two attached hydrogens (primary N) is 1. The second-order valence-corrected chi connectivity index (χ2v) is 9.02. The third kappa shape index (κ3) is 4.82. The highest BCUT2D eigenvalue weighted by Crippen LogP contribution is 2.29. The summed E-state index contributed by atoms with van der Waals surface area (Å²) in [6, 6.07) is 1.47.